The molecular weight excluding hydrogens is 202 g/mol. The molecule has 1 aliphatic carbocycles. The Morgan fingerprint density at radius 3 is 2.88 bits per heavy atom. The van der Waals surface area contributed by atoms with Crippen LogP contribution in [-0.4, -0.2) is 23.3 Å². The minimum absolute atomic E-state index is 0.106. The molecular formula is C13H19NO2. The molecule has 1 N–H and O–H groups in total. The number of aryl methyl sites for hydroxylation is 1. The normalized spacial score (nSPS) is 30.3. The van der Waals surface area contributed by atoms with Gasteiger partial charge < -0.3 is 9.84 Å². The Bertz CT molecular complexity index is 349. The molecule has 0 radical (unpaired) electrons. The molecule has 2 atom stereocenters. The smallest absolute Gasteiger partial charge is 0.117 e. The maximum atomic E-state index is 10.7. The highest BCUT2D eigenvalue weighted by Gasteiger charge is 2.40. The minimum atomic E-state index is -0.853. The summed E-state index contributed by atoms with van der Waals surface area (Å²) in [4.78, 5) is 4.25. The van der Waals surface area contributed by atoms with E-state index in [0.717, 1.165) is 36.9 Å². The second-order valence-corrected chi connectivity index (χ2v) is 4.58. The first-order chi connectivity index (χ1) is 7.66. The van der Waals surface area contributed by atoms with Crippen LogP contribution in [0.5, 0.6) is 0 Å². The van der Waals surface area contributed by atoms with E-state index in [1.54, 1.807) is 13.3 Å². The van der Waals surface area contributed by atoms with Crippen molar-refractivity contribution in [2.24, 2.45) is 0 Å². The molecule has 0 saturated heterocycles. The Kier molecular flexibility index (Phi) is 3.26. The lowest BCUT2D eigenvalue weighted by Crippen LogP contribution is -2.43. The van der Waals surface area contributed by atoms with Gasteiger partial charge in [0.1, 0.15) is 5.60 Å². The summed E-state index contributed by atoms with van der Waals surface area (Å²) in [6.07, 6.45) is 5.51. The van der Waals surface area contributed by atoms with Crippen molar-refractivity contribution >= 4 is 0 Å². The van der Waals surface area contributed by atoms with Crippen LogP contribution in [0.3, 0.4) is 0 Å². The van der Waals surface area contributed by atoms with Gasteiger partial charge in [0.05, 0.1) is 6.10 Å². The summed E-state index contributed by atoms with van der Waals surface area (Å²) in [6.45, 7) is 1.95. The van der Waals surface area contributed by atoms with Crippen molar-refractivity contribution in [2.75, 3.05) is 7.11 Å². The van der Waals surface area contributed by atoms with Crippen molar-refractivity contribution < 1.29 is 9.84 Å². The van der Waals surface area contributed by atoms with Gasteiger partial charge in [0.15, 0.2) is 0 Å². The second kappa shape index (κ2) is 4.52. The van der Waals surface area contributed by atoms with Gasteiger partial charge in [0.25, 0.3) is 0 Å². The number of pyridine rings is 1. The average Bonchev–Trinajstić information content (AvgIpc) is 2.30. The van der Waals surface area contributed by atoms with Crippen molar-refractivity contribution in [3.05, 3.63) is 29.6 Å². The van der Waals surface area contributed by atoms with Gasteiger partial charge >= 0.3 is 0 Å². The largest absolute Gasteiger partial charge is 0.382 e. The SMILES string of the molecule is COC1CCCCC1(O)c1ccc(C)nc1. The van der Waals surface area contributed by atoms with Gasteiger partial charge in [-0.3, -0.25) is 4.98 Å². The summed E-state index contributed by atoms with van der Waals surface area (Å²) >= 11 is 0. The maximum Gasteiger partial charge on any atom is 0.117 e. The van der Waals surface area contributed by atoms with Crippen LogP contribution in [0.25, 0.3) is 0 Å². The summed E-state index contributed by atoms with van der Waals surface area (Å²) in [5, 5.41) is 10.7. The van der Waals surface area contributed by atoms with Crippen LogP contribution in [0.1, 0.15) is 36.9 Å². The van der Waals surface area contributed by atoms with Crippen LogP contribution < -0.4 is 0 Å². The zero-order valence-electron chi connectivity index (χ0n) is 9.94. The highest BCUT2D eigenvalue weighted by molar-refractivity contribution is 5.23. The van der Waals surface area contributed by atoms with E-state index < -0.39 is 5.60 Å². The molecule has 1 saturated carbocycles. The van der Waals surface area contributed by atoms with E-state index in [1.807, 2.05) is 19.1 Å². The van der Waals surface area contributed by atoms with Gasteiger partial charge in [-0.15, -0.1) is 0 Å². The zero-order chi connectivity index (χ0) is 11.6. The van der Waals surface area contributed by atoms with Gasteiger partial charge in [-0.25, -0.2) is 0 Å². The van der Waals surface area contributed by atoms with E-state index in [2.05, 4.69) is 4.98 Å². The third-order valence-electron chi connectivity index (χ3n) is 3.50. The quantitative estimate of drug-likeness (QED) is 0.832. The maximum absolute atomic E-state index is 10.7. The number of aliphatic hydroxyl groups is 1. The highest BCUT2D eigenvalue weighted by atomic mass is 16.5. The molecule has 0 bridgehead atoms. The number of methoxy groups -OCH3 is 1. The average molecular weight is 221 g/mol. The van der Waals surface area contributed by atoms with E-state index in [0.29, 0.717) is 0 Å². The molecule has 88 valence electrons. The fourth-order valence-electron chi connectivity index (χ4n) is 2.49. The van der Waals surface area contributed by atoms with Crippen molar-refractivity contribution in [1.82, 2.24) is 4.98 Å². The number of rotatable bonds is 2. The molecule has 2 unspecified atom stereocenters. The first-order valence-corrected chi connectivity index (χ1v) is 5.85. The molecule has 0 aliphatic heterocycles. The number of aromatic nitrogens is 1. The third-order valence-corrected chi connectivity index (χ3v) is 3.50. The van der Waals surface area contributed by atoms with Gasteiger partial charge in [0.2, 0.25) is 0 Å². The zero-order valence-corrected chi connectivity index (χ0v) is 9.94. The van der Waals surface area contributed by atoms with Crippen molar-refractivity contribution in [3.8, 4) is 0 Å². The van der Waals surface area contributed by atoms with Gasteiger partial charge in [-0.1, -0.05) is 18.9 Å². The summed E-state index contributed by atoms with van der Waals surface area (Å²) in [5.74, 6) is 0. The second-order valence-electron chi connectivity index (χ2n) is 4.58. The van der Waals surface area contributed by atoms with Crippen LogP contribution >= 0.6 is 0 Å². The molecule has 0 spiro atoms. The molecule has 16 heavy (non-hydrogen) atoms. The fourth-order valence-corrected chi connectivity index (χ4v) is 2.49. The Labute approximate surface area is 96.5 Å². The molecule has 3 nitrogen and oxygen atoms in total. The minimum Gasteiger partial charge on any atom is -0.382 e. The fraction of sp³-hybridized carbons (Fsp3) is 0.615. The Morgan fingerprint density at radius 1 is 1.44 bits per heavy atom. The predicted octanol–water partition coefficient (Wildman–Crippen LogP) is 2.17. The molecule has 1 aliphatic rings. The standard InChI is InChI=1S/C13H19NO2/c1-10-6-7-11(9-14-10)13(15)8-4-3-5-12(13)16-2/h6-7,9,12,15H,3-5,8H2,1-2H3. The van der Waals surface area contributed by atoms with Crippen LogP contribution in [0.2, 0.25) is 0 Å². The van der Waals surface area contributed by atoms with Crippen molar-refractivity contribution in [2.45, 2.75) is 44.3 Å². The number of nitrogens with zero attached hydrogens (tertiary/aromatic N) is 1. The van der Waals surface area contributed by atoms with E-state index >= 15 is 0 Å². The number of hydrogen-bond acceptors (Lipinski definition) is 3. The van der Waals surface area contributed by atoms with Gasteiger partial charge in [0, 0.05) is 24.6 Å². The monoisotopic (exact) mass is 221 g/mol. The van der Waals surface area contributed by atoms with Crippen molar-refractivity contribution in [1.29, 1.82) is 0 Å². The van der Waals surface area contributed by atoms with Gasteiger partial charge in [-0.05, 0) is 25.8 Å². The summed E-state index contributed by atoms with van der Waals surface area (Å²) in [7, 11) is 1.67. The van der Waals surface area contributed by atoms with Crippen LogP contribution in [-0.2, 0) is 10.3 Å². The summed E-state index contributed by atoms with van der Waals surface area (Å²) in [5.41, 5.74) is 0.995. The summed E-state index contributed by atoms with van der Waals surface area (Å²) in [6, 6.07) is 3.90. The molecule has 0 aromatic carbocycles. The molecule has 3 heteroatoms. The lowest BCUT2D eigenvalue weighted by atomic mass is 9.78. The molecule has 1 heterocycles. The molecule has 1 aromatic rings. The molecule has 1 aromatic heterocycles. The third kappa shape index (κ3) is 1.97. The van der Waals surface area contributed by atoms with Crippen molar-refractivity contribution in [3.63, 3.8) is 0 Å². The van der Waals surface area contributed by atoms with E-state index in [1.165, 1.54) is 0 Å². The van der Waals surface area contributed by atoms with E-state index in [9.17, 15) is 5.11 Å². The molecule has 0 amide bonds. The lowest BCUT2D eigenvalue weighted by Gasteiger charge is -2.39. The Balaban J connectivity index is 2.31. The van der Waals surface area contributed by atoms with Crippen LogP contribution in [0, 0.1) is 6.92 Å². The van der Waals surface area contributed by atoms with E-state index in [-0.39, 0.29) is 6.10 Å². The predicted molar refractivity (Wildman–Crippen MR) is 62.1 cm³/mol. The van der Waals surface area contributed by atoms with E-state index in [4.69, 9.17) is 4.74 Å². The summed E-state index contributed by atoms with van der Waals surface area (Å²) < 4.78 is 5.41. The first-order valence-electron chi connectivity index (χ1n) is 5.85. The Hall–Kier alpha value is -0.930. The first kappa shape index (κ1) is 11.6. The molecule has 1 fully saturated rings. The number of hydrogen-bond donors (Lipinski definition) is 1. The Morgan fingerprint density at radius 2 is 2.25 bits per heavy atom. The molecule has 2 rings (SSSR count). The lowest BCUT2D eigenvalue weighted by molar-refractivity contribution is -0.122. The number of ether oxygens (including phenoxy) is 1. The highest BCUT2D eigenvalue weighted by Crippen LogP contribution is 2.38. The van der Waals surface area contributed by atoms with Crippen LogP contribution in [0.15, 0.2) is 18.3 Å². The van der Waals surface area contributed by atoms with Gasteiger partial charge in [-0.2, -0.15) is 0 Å². The topological polar surface area (TPSA) is 42.4 Å². The van der Waals surface area contributed by atoms with Crippen LogP contribution in [0.4, 0.5) is 0 Å².